The van der Waals surface area contributed by atoms with E-state index in [0.29, 0.717) is 5.82 Å². The largest absolute Gasteiger partial charge is 0.460 e. The highest BCUT2D eigenvalue weighted by Gasteiger charge is 2.49. The number of ether oxygens (including phenoxy) is 2. The van der Waals surface area contributed by atoms with Crippen molar-refractivity contribution in [1.29, 1.82) is 0 Å². The van der Waals surface area contributed by atoms with Gasteiger partial charge < -0.3 is 19.7 Å². The Hall–Kier alpha value is -3.24. The number of anilines is 2. The lowest BCUT2D eigenvalue weighted by Gasteiger charge is -2.44. The molecule has 0 spiro atoms. The summed E-state index contributed by atoms with van der Waals surface area (Å²) in [6, 6.07) is 2.11. The second-order valence-corrected chi connectivity index (χ2v) is 14.1. The Labute approximate surface area is 242 Å². The number of nitrogens with zero attached hydrogens (tertiary/aromatic N) is 4. The molecule has 228 valence electrons. The van der Waals surface area contributed by atoms with E-state index in [-0.39, 0.29) is 42.9 Å². The molecule has 2 aromatic rings. The fourth-order valence-electron chi connectivity index (χ4n) is 5.10. The van der Waals surface area contributed by atoms with Crippen LogP contribution in [0.25, 0.3) is 0 Å². The topological polar surface area (TPSA) is 98.6 Å². The molecule has 2 aromatic heterocycles. The van der Waals surface area contributed by atoms with Crippen molar-refractivity contribution in [3.63, 3.8) is 0 Å². The van der Waals surface area contributed by atoms with Crippen molar-refractivity contribution in [2.45, 2.75) is 118 Å². The minimum absolute atomic E-state index is 0.0790. The maximum atomic E-state index is 15.2. The number of carbonyl (C=O) groups excluding carboxylic acids is 2. The molecule has 41 heavy (non-hydrogen) atoms. The number of esters is 1. The second kappa shape index (κ2) is 11.2. The summed E-state index contributed by atoms with van der Waals surface area (Å²) in [6.45, 7) is 20.5. The number of aryl methyl sites for hydroxylation is 1. The molecule has 1 aliphatic rings. The number of likely N-dealkylation sites (tertiary alicyclic amines) is 1. The van der Waals surface area contributed by atoms with Crippen LogP contribution < -0.4 is 5.32 Å². The number of piperidine rings is 1. The van der Waals surface area contributed by atoms with Crippen LogP contribution in [0.2, 0.25) is 0 Å². The lowest BCUT2D eigenvalue weighted by molar-refractivity contribution is -0.172. The zero-order valence-electron chi connectivity index (χ0n) is 26.2. The van der Waals surface area contributed by atoms with Crippen LogP contribution in [0.4, 0.5) is 25.2 Å². The van der Waals surface area contributed by atoms with Gasteiger partial charge in [0.05, 0.1) is 16.6 Å². The van der Waals surface area contributed by atoms with Gasteiger partial charge in [-0.25, -0.2) is 18.6 Å². The van der Waals surface area contributed by atoms with Crippen LogP contribution in [0.5, 0.6) is 0 Å². The molecule has 1 amide bonds. The number of hydrogen-bond donors (Lipinski definition) is 1. The van der Waals surface area contributed by atoms with Gasteiger partial charge in [0.2, 0.25) is 0 Å². The first-order chi connectivity index (χ1) is 18.6. The van der Waals surface area contributed by atoms with Gasteiger partial charge in [-0.3, -0.25) is 9.48 Å². The summed E-state index contributed by atoms with van der Waals surface area (Å²) in [5.74, 6) is -2.09. The smallest absolute Gasteiger partial charge is 0.410 e. The van der Waals surface area contributed by atoms with Crippen LogP contribution in [0, 0.1) is 24.0 Å². The summed E-state index contributed by atoms with van der Waals surface area (Å²) in [6.07, 6.45) is -0.227. The van der Waals surface area contributed by atoms with Crippen molar-refractivity contribution in [2.75, 3.05) is 11.9 Å². The summed E-state index contributed by atoms with van der Waals surface area (Å²) < 4.78 is 43.3. The number of rotatable bonds is 5. The lowest BCUT2D eigenvalue weighted by Crippen LogP contribution is -2.54. The fourth-order valence-corrected chi connectivity index (χ4v) is 5.10. The molecule has 0 saturated carbocycles. The van der Waals surface area contributed by atoms with Crippen LogP contribution in [0.3, 0.4) is 0 Å². The maximum absolute atomic E-state index is 15.2. The third-order valence-electron chi connectivity index (χ3n) is 6.79. The highest BCUT2D eigenvalue weighted by atomic mass is 19.1. The minimum atomic E-state index is -1.20. The number of hydrogen-bond acceptors (Lipinski definition) is 7. The number of halogens is 2. The first-order valence-corrected chi connectivity index (χ1v) is 14.0. The predicted molar refractivity (Wildman–Crippen MR) is 153 cm³/mol. The van der Waals surface area contributed by atoms with E-state index in [9.17, 15) is 14.0 Å². The van der Waals surface area contributed by atoms with Crippen molar-refractivity contribution in [3.05, 3.63) is 35.2 Å². The summed E-state index contributed by atoms with van der Waals surface area (Å²) in [5.41, 5.74) is -2.18. The molecular formula is C30H45F2N5O4. The van der Waals surface area contributed by atoms with Crippen molar-refractivity contribution in [1.82, 2.24) is 19.7 Å². The third kappa shape index (κ3) is 7.95. The third-order valence-corrected chi connectivity index (χ3v) is 6.79. The zero-order valence-corrected chi connectivity index (χ0v) is 26.2. The average molecular weight is 578 g/mol. The second-order valence-electron chi connectivity index (χ2n) is 14.1. The van der Waals surface area contributed by atoms with E-state index in [4.69, 9.17) is 9.47 Å². The fraction of sp³-hybridized carbons (Fsp3) is 0.667. The molecule has 3 rings (SSSR count). The van der Waals surface area contributed by atoms with E-state index in [1.54, 1.807) is 57.2 Å². The van der Waals surface area contributed by atoms with Gasteiger partial charge in [-0.15, -0.1) is 0 Å². The predicted octanol–water partition coefficient (Wildman–Crippen LogP) is 6.65. The van der Waals surface area contributed by atoms with E-state index in [1.807, 2.05) is 34.6 Å². The Bertz CT molecular complexity index is 1290. The molecule has 0 unspecified atom stereocenters. The molecular weight excluding hydrogens is 532 g/mol. The van der Waals surface area contributed by atoms with E-state index in [0.717, 1.165) is 11.8 Å². The Kier molecular flexibility index (Phi) is 8.82. The number of amides is 1. The number of pyridine rings is 1. The highest BCUT2D eigenvalue weighted by Crippen LogP contribution is 2.41. The van der Waals surface area contributed by atoms with Crippen molar-refractivity contribution in [2.24, 2.45) is 5.41 Å². The molecule has 1 fully saturated rings. The van der Waals surface area contributed by atoms with E-state index in [1.165, 1.54) is 0 Å². The zero-order chi connectivity index (χ0) is 31.1. The number of carbonyl (C=O) groups is 2. The van der Waals surface area contributed by atoms with Gasteiger partial charge in [0, 0.05) is 36.8 Å². The maximum Gasteiger partial charge on any atom is 0.410 e. The molecule has 2 atom stereocenters. The number of nitrogens with one attached hydrogen (secondary N) is 1. The minimum Gasteiger partial charge on any atom is -0.460 e. The Morgan fingerprint density at radius 1 is 1.02 bits per heavy atom. The normalized spacial score (nSPS) is 20.1. The van der Waals surface area contributed by atoms with Gasteiger partial charge in [0.1, 0.15) is 17.0 Å². The molecule has 3 heterocycles. The first kappa shape index (κ1) is 32.3. The van der Waals surface area contributed by atoms with Gasteiger partial charge >= 0.3 is 12.1 Å². The summed E-state index contributed by atoms with van der Waals surface area (Å²) in [5, 5.41) is 7.38. The molecule has 0 aromatic carbocycles. The van der Waals surface area contributed by atoms with E-state index in [2.05, 4.69) is 15.4 Å². The van der Waals surface area contributed by atoms with Gasteiger partial charge in [-0.1, -0.05) is 0 Å². The van der Waals surface area contributed by atoms with Gasteiger partial charge in [0.15, 0.2) is 17.5 Å². The molecule has 9 nitrogen and oxygen atoms in total. The molecule has 1 N–H and O–H groups in total. The summed E-state index contributed by atoms with van der Waals surface area (Å²) in [4.78, 5) is 32.4. The highest BCUT2D eigenvalue weighted by molar-refractivity contribution is 5.79. The average Bonchev–Trinajstić information content (AvgIpc) is 3.15. The van der Waals surface area contributed by atoms with Crippen LogP contribution >= 0.6 is 0 Å². The quantitative estimate of drug-likeness (QED) is 0.397. The van der Waals surface area contributed by atoms with E-state index >= 15 is 4.39 Å². The summed E-state index contributed by atoms with van der Waals surface area (Å²) in [7, 11) is 0. The Morgan fingerprint density at radius 2 is 1.63 bits per heavy atom. The van der Waals surface area contributed by atoms with E-state index < -0.39 is 46.4 Å². The molecule has 0 radical (unpaired) electrons. The molecule has 0 aliphatic carbocycles. The Balaban J connectivity index is 1.95. The van der Waals surface area contributed by atoms with Crippen molar-refractivity contribution < 1.29 is 27.8 Å². The molecule has 1 aliphatic heterocycles. The van der Waals surface area contributed by atoms with Crippen molar-refractivity contribution >= 4 is 23.7 Å². The van der Waals surface area contributed by atoms with Crippen LogP contribution in [-0.2, 0) is 26.2 Å². The molecule has 1 saturated heterocycles. The molecule has 0 bridgehead atoms. The summed E-state index contributed by atoms with van der Waals surface area (Å²) >= 11 is 0. The van der Waals surface area contributed by atoms with Crippen LogP contribution in [-0.4, -0.2) is 55.5 Å². The molecule has 11 heteroatoms. The van der Waals surface area contributed by atoms with Crippen LogP contribution in [0.15, 0.2) is 12.1 Å². The first-order valence-electron chi connectivity index (χ1n) is 14.0. The van der Waals surface area contributed by atoms with Crippen LogP contribution in [0.1, 0.15) is 93.5 Å². The number of aromatic nitrogens is 3. The van der Waals surface area contributed by atoms with Crippen molar-refractivity contribution in [3.8, 4) is 0 Å². The SMILES string of the molecule is Cc1cc(Nc2nc(C[C@@]3(C(=O)OC(C)(C)C)CCN(C(=O)OC(C)(C)C)[C@H](C)C3)c(F)cc2F)nn1C(C)(C)C. The van der Waals surface area contributed by atoms with Gasteiger partial charge in [0.25, 0.3) is 0 Å². The monoisotopic (exact) mass is 577 g/mol. The lowest BCUT2D eigenvalue weighted by atomic mass is 9.72. The standard InChI is InChI=1S/C30H45F2N5O4/c1-18-14-23(35-37(18)27(3,4)5)34-24-21(32)15-20(31)22(33-24)17-30(25(38)40-28(6,7)8)12-13-36(19(2)16-30)26(39)41-29(9,10)11/h14-15,19H,12-13,16-17H2,1-11H3,(H,33,34,35)/t19-,30-/m1/s1. The van der Waals surface area contributed by atoms with Gasteiger partial charge in [-0.2, -0.15) is 5.10 Å². The Morgan fingerprint density at radius 3 is 2.15 bits per heavy atom. The van der Waals surface area contributed by atoms with Gasteiger partial charge in [-0.05, 0) is 89.0 Å².